The van der Waals surface area contributed by atoms with Gasteiger partial charge < -0.3 is 10.4 Å². The van der Waals surface area contributed by atoms with Gasteiger partial charge >= 0.3 is 5.97 Å². The quantitative estimate of drug-likeness (QED) is 0.888. The van der Waals surface area contributed by atoms with Gasteiger partial charge in [0.05, 0.1) is 6.42 Å². The molecule has 6 heteroatoms. The van der Waals surface area contributed by atoms with Gasteiger partial charge in [0.2, 0.25) is 5.91 Å². The Morgan fingerprint density at radius 1 is 1.19 bits per heavy atom. The molecule has 5 nitrogen and oxygen atoms in total. The number of nitrogens with zero attached hydrogens (tertiary/aromatic N) is 1. The number of pyridine rings is 1. The number of carbonyl (C=O) groups is 2. The van der Waals surface area contributed by atoms with Crippen LogP contribution in [0.4, 0.5) is 0 Å². The second-order valence-electron chi connectivity index (χ2n) is 4.44. The molecule has 0 bridgehead atoms. The number of amides is 1. The summed E-state index contributed by atoms with van der Waals surface area (Å²) in [6, 6.07) is 10.1. The van der Waals surface area contributed by atoms with Crippen LogP contribution in [0.15, 0.2) is 42.6 Å². The van der Waals surface area contributed by atoms with E-state index in [0.717, 1.165) is 11.1 Å². The fourth-order valence-corrected chi connectivity index (χ4v) is 1.96. The van der Waals surface area contributed by atoms with Crippen molar-refractivity contribution in [2.24, 2.45) is 0 Å². The molecule has 2 N–H and O–H groups in total. The second kappa shape index (κ2) is 6.85. The van der Waals surface area contributed by atoms with E-state index in [1.807, 2.05) is 6.07 Å². The van der Waals surface area contributed by atoms with E-state index >= 15 is 0 Å². The van der Waals surface area contributed by atoms with Gasteiger partial charge in [0.1, 0.15) is 5.69 Å². The zero-order valence-corrected chi connectivity index (χ0v) is 11.8. The molecule has 2 aromatic rings. The van der Waals surface area contributed by atoms with Gasteiger partial charge in [0.25, 0.3) is 0 Å². The number of aromatic carboxylic acids is 1. The zero-order valence-electron chi connectivity index (χ0n) is 11.0. The third-order valence-corrected chi connectivity index (χ3v) is 3.02. The van der Waals surface area contributed by atoms with E-state index in [0.29, 0.717) is 11.6 Å². The van der Waals surface area contributed by atoms with Crippen molar-refractivity contribution in [2.75, 3.05) is 0 Å². The minimum Gasteiger partial charge on any atom is -0.477 e. The van der Waals surface area contributed by atoms with E-state index in [-0.39, 0.29) is 18.0 Å². The third kappa shape index (κ3) is 4.57. The van der Waals surface area contributed by atoms with Crippen molar-refractivity contribution in [2.45, 2.75) is 13.0 Å². The first-order valence-corrected chi connectivity index (χ1v) is 6.62. The number of carbonyl (C=O) groups excluding carboxylic acids is 1. The Morgan fingerprint density at radius 2 is 2.00 bits per heavy atom. The molecule has 0 fully saturated rings. The largest absolute Gasteiger partial charge is 0.477 e. The van der Waals surface area contributed by atoms with Gasteiger partial charge in [-0.2, -0.15) is 0 Å². The molecule has 0 saturated carbocycles. The van der Waals surface area contributed by atoms with Crippen LogP contribution in [0.2, 0.25) is 5.02 Å². The summed E-state index contributed by atoms with van der Waals surface area (Å²) in [6.07, 6.45) is 1.67. The van der Waals surface area contributed by atoms with Crippen LogP contribution in [-0.2, 0) is 17.8 Å². The monoisotopic (exact) mass is 304 g/mol. The number of carboxylic acid groups (broad SMARTS) is 1. The van der Waals surface area contributed by atoms with Gasteiger partial charge in [-0.3, -0.25) is 4.79 Å². The van der Waals surface area contributed by atoms with E-state index in [4.69, 9.17) is 16.7 Å². The first kappa shape index (κ1) is 15.0. The van der Waals surface area contributed by atoms with Gasteiger partial charge in [-0.15, -0.1) is 0 Å². The highest BCUT2D eigenvalue weighted by Gasteiger charge is 2.06. The highest BCUT2D eigenvalue weighted by Crippen LogP contribution is 2.11. The van der Waals surface area contributed by atoms with Crippen molar-refractivity contribution in [1.29, 1.82) is 0 Å². The highest BCUT2D eigenvalue weighted by molar-refractivity contribution is 6.30. The van der Waals surface area contributed by atoms with Crippen LogP contribution in [0, 0.1) is 0 Å². The Labute approximate surface area is 126 Å². The predicted molar refractivity (Wildman–Crippen MR) is 78.2 cm³/mol. The van der Waals surface area contributed by atoms with Crippen molar-refractivity contribution in [3.63, 3.8) is 0 Å². The standard InChI is InChI=1S/C15H13ClN2O3/c16-12-3-1-2-10(6-12)7-14(19)18-9-11-4-5-13(15(20)21)17-8-11/h1-6,8H,7,9H2,(H,18,19)(H,20,21). The molecular formula is C15H13ClN2O3. The van der Waals surface area contributed by atoms with E-state index in [9.17, 15) is 9.59 Å². The number of aromatic nitrogens is 1. The van der Waals surface area contributed by atoms with Crippen LogP contribution >= 0.6 is 11.6 Å². The molecule has 0 aliphatic rings. The summed E-state index contributed by atoms with van der Waals surface area (Å²) in [5, 5.41) is 12.1. The smallest absolute Gasteiger partial charge is 0.354 e. The molecule has 0 unspecified atom stereocenters. The molecular weight excluding hydrogens is 292 g/mol. The maximum Gasteiger partial charge on any atom is 0.354 e. The molecule has 108 valence electrons. The second-order valence-corrected chi connectivity index (χ2v) is 4.88. The first-order valence-electron chi connectivity index (χ1n) is 6.24. The molecule has 0 spiro atoms. The number of halogens is 1. The molecule has 1 aromatic heterocycles. The Hall–Kier alpha value is -2.40. The normalized spacial score (nSPS) is 10.1. The number of hydrogen-bond acceptors (Lipinski definition) is 3. The molecule has 2 rings (SSSR count). The van der Waals surface area contributed by atoms with Crippen molar-refractivity contribution in [3.8, 4) is 0 Å². The Morgan fingerprint density at radius 3 is 2.62 bits per heavy atom. The molecule has 0 radical (unpaired) electrons. The molecule has 0 aliphatic heterocycles. The lowest BCUT2D eigenvalue weighted by Crippen LogP contribution is -2.24. The fourth-order valence-electron chi connectivity index (χ4n) is 1.75. The van der Waals surface area contributed by atoms with Crippen molar-refractivity contribution >= 4 is 23.5 Å². The van der Waals surface area contributed by atoms with E-state index in [2.05, 4.69) is 10.3 Å². The highest BCUT2D eigenvalue weighted by atomic mass is 35.5. The van der Waals surface area contributed by atoms with Gasteiger partial charge in [-0.1, -0.05) is 29.8 Å². The van der Waals surface area contributed by atoms with Crippen molar-refractivity contribution < 1.29 is 14.7 Å². The van der Waals surface area contributed by atoms with Crippen LogP contribution < -0.4 is 5.32 Å². The summed E-state index contributed by atoms with van der Waals surface area (Å²) >= 11 is 5.85. The van der Waals surface area contributed by atoms with Crippen molar-refractivity contribution in [3.05, 3.63) is 64.4 Å². The summed E-state index contributed by atoms with van der Waals surface area (Å²) in [5.41, 5.74) is 1.54. The number of benzene rings is 1. The van der Waals surface area contributed by atoms with E-state index < -0.39 is 5.97 Å². The maximum absolute atomic E-state index is 11.8. The lowest BCUT2D eigenvalue weighted by Gasteiger charge is -2.06. The van der Waals surface area contributed by atoms with Gasteiger partial charge in [-0.25, -0.2) is 9.78 Å². The average Bonchev–Trinajstić information content (AvgIpc) is 2.45. The van der Waals surface area contributed by atoms with E-state index in [1.54, 1.807) is 24.3 Å². The molecule has 0 saturated heterocycles. The predicted octanol–water partition coefficient (Wildman–Crippen LogP) is 2.29. The Bertz CT molecular complexity index is 656. The van der Waals surface area contributed by atoms with Crippen molar-refractivity contribution in [1.82, 2.24) is 10.3 Å². The lowest BCUT2D eigenvalue weighted by atomic mass is 10.1. The summed E-state index contributed by atoms with van der Waals surface area (Å²) in [5.74, 6) is -1.22. The summed E-state index contributed by atoms with van der Waals surface area (Å²) in [7, 11) is 0. The molecule has 1 heterocycles. The molecule has 21 heavy (non-hydrogen) atoms. The molecule has 0 aliphatic carbocycles. The van der Waals surface area contributed by atoms with Crippen LogP contribution in [-0.4, -0.2) is 22.0 Å². The van der Waals surface area contributed by atoms with Crippen LogP contribution in [0.5, 0.6) is 0 Å². The SMILES string of the molecule is O=C(Cc1cccc(Cl)c1)NCc1ccc(C(=O)O)nc1. The van der Waals surface area contributed by atoms with Crippen LogP contribution in [0.1, 0.15) is 21.6 Å². The Balaban J connectivity index is 1.87. The lowest BCUT2D eigenvalue weighted by molar-refractivity contribution is -0.120. The number of rotatable bonds is 5. The summed E-state index contributed by atoms with van der Waals surface area (Å²) < 4.78 is 0. The summed E-state index contributed by atoms with van der Waals surface area (Å²) in [4.78, 5) is 26.3. The minimum atomic E-state index is -1.08. The first-order chi connectivity index (χ1) is 10.0. The number of carboxylic acids is 1. The number of nitrogens with one attached hydrogen (secondary N) is 1. The zero-order chi connectivity index (χ0) is 15.2. The average molecular weight is 305 g/mol. The maximum atomic E-state index is 11.8. The molecule has 0 atom stereocenters. The number of hydrogen-bond donors (Lipinski definition) is 2. The molecule has 1 amide bonds. The fraction of sp³-hybridized carbons (Fsp3) is 0.133. The van der Waals surface area contributed by atoms with Gasteiger partial charge in [0.15, 0.2) is 0 Å². The minimum absolute atomic E-state index is 0.0241. The van der Waals surface area contributed by atoms with Gasteiger partial charge in [-0.05, 0) is 29.3 Å². The van der Waals surface area contributed by atoms with E-state index in [1.165, 1.54) is 12.3 Å². The topological polar surface area (TPSA) is 79.3 Å². The third-order valence-electron chi connectivity index (χ3n) is 2.79. The Kier molecular flexibility index (Phi) is 4.90. The molecule has 1 aromatic carbocycles. The van der Waals surface area contributed by atoms with Crippen LogP contribution in [0.3, 0.4) is 0 Å². The summed E-state index contributed by atoms with van der Waals surface area (Å²) in [6.45, 7) is 0.298. The van der Waals surface area contributed by atoms with Gasteiger partial charge in [0, 0.05) is 17.8 Å². The van der Waals surface area contributed by atoms with Crippen LogP contribution in [0.25, 0.3) is 0 Å².